The number of nitrogens with zero attached hydrogens (tertiary/aromatic N) is 2. The van der Waals surface area contributed by atoms with E-state index in [4.69, 9.17) is 4.74 Å². The molecule has 1 aromatic heterocycles. The van der Waals surface area contributed by atoms with Gasteiger partial charge in [-0.3, -0.25) is 0 Å². The van der Waals surface area contributed by atoms with Gasteiger partial charge in [-0.25, -0.2) is 14.3 Å². The molecule has 0 N–H and O–H groups in total. The lowest BCUT2D eigenvalue weighted by atomic mass is 10.1. The molecule has 0 aliphatic carbocycles. The summed E-state index contributed by atoms with van der Waals surface area (Å²) < 4.78 is 6.67. The Morgan fingerprint density at radius 1 is 1.47 bits per heavy atom. The normalized spacial score (nSPS) is 12.6. The molecule has 0 amide bonds. The summed E-state index contributed by atoms with van der Waals surface area (Å²) in [5.74, 6) is 0.383. The van der Waals surface area contributed by atoms with E-state index in [0.29, 0.717) is 12.5 Å². The van der Waals surface area contributed by atoms with Gasteiger partial charge >= 0.3 is 6.09 Å². The van der Waals surface area contributed by atoms with Gasteiger partial charge in [0.15, 0.2) is 0 Å². The average Bonchev–Trinajstić information content (AvgIpc) is 2.79. The molecular weight excluding hydrogens is 216 g/mol. The molecule has 0 spiro atoms. The van der Waals surface area contributed by atoms with Crippen molar-refractivity contribution in [2.24, 2.45) is 5.92 Å². The molecule has 1 unspecified atom stereocenters. The number of imidazole rings is 1. The number of hydrogen-bond donors (Lipinski definition) is 0. The summed E-state index contributed by atoms with van der Waals surface area (Å²) in [5, 5.41) is 0. The van der Waals surface area contributed by atoms with Crippen molar-refractivity contribution in [2.75, 3.05) is 6.61 Å². The first kappa shape index (κ1) is 11.6. The SMILES string of the molecule is CCC(C)COC(=O)n1cnc2ccccc21. The van der Waals surface area contributed by atoms with Crippen molar-refractivity contribution in [1.29, 1.82) is 0 Å². The number of para-hydroxylation sites is 2. The quantitative estimate of drug-likeness (QED) is 0.816. The minimum atomic E-state index is -0.362. The highest BCUT2D eigenvalue weighted by Gasteiger charge is 2.11. The van der Waals surface area contributed by atoms with Gasteiger partial charge in [0.1, 0.15) is 6.33 Å². The predicted octanol–water partition coefficient (Wildman–Crippen LogP) is 3.07. The maximum absolute atomic E-state index is 11.8. The monoisotopic (exact) mass is 232 g/mol. The maximum Gasteiger partial charge on any atom is 0.419 e. The van der Waals surface area contributed by atoms with Crippen molar-refractivity contribution in [3.8, 4) is 0 Å². The van der Waals surface area contributed by atoms with Gasteiger partial charge in [-0.15, -0.1) is 0 Å². The molecule has 0 bridgehead atoms. The molecule has 2 aromatic rings. The number of aromatic nitrogens is 2. The Labute approximate surface area is 100 Å². The fraction of sp³-hybridized carbons (Fsp3) is 0.385. The summed E-state index contributed by atoms with van der Waals surface area (Å²) in [6.07, 6.45) is 2.14. The number of fused-ring (bicyclic) bond motifs is 1. The summed E-state index contributed by atoms with van der Waals surface area (Å²) in [7, 11) is 0. The molecule has 90 valence electrons. The molecule has 1 heterocycles. The maximum atomic E-state index is 11.8. The van der Waals surface area contributed by atoms with E-state index in [1.165, 1.54) is 10.9 Å². The van der Waals surface area contributed by atoms with Crippen molar-refractivity contribution in [2.45, 2.75) is 20.3 Å². The molecular formula is C13H16N2O2. The molecule has 0 aliphatic rings. The van der Waals surface area contributed by atoms with Crippen LogP contribution in [-0.2, 0) is 4.74 Å². The van der Waals surface area contributed by atoms with Gasteiger partial charge in [-0.2, -0.15) is 0 Å². The Kier molecular flexibility index (Phi) is 3.42. The van der Waals surface area contributed by atoms with Crippen LogP contribution in [0.2, 0.25) is 0 Å². The number of ether oxygens (including phenoxy) is 1. The zero-order valence-electron chi connectivity index (χ0n) is 10.1. The fourth-order valence-electron chi connectivity index (χ4n) is 1.51. The lowest BCUT2D eigenvalue weighted by Gasteiger charge is -2.09. The van der Waals surface area contributed by atoms with Crippen molar-refractivity contribution in [3.05, 3.63) is 30.6 Å². The third-order valence-corrected chi connectivity index (χ3v) is 2.84. The van der Waals surface area contributed by atoms with E-state index >= 15 is 0 Å². The minimum Gasteiger partial charge on any atom is -0.449 e. The summed E-state index contributed by atoms with van der Waals surface area (Å²) in [5.41, 5.74) is 1.58. The summed E-state index contributed by atoms with van der Waals surface area (Å²) in [4.78, 5) is 16.0. The van der Waals surface area contributed by atoms with Crippen LogP contribution in [-0.4, -0.2) is 22.3 Å². The standard InChI is InChI=1S/C13H16N2O2/c1-3-10(2)8-17-13(16)15-9-14-11-6-4-5-7-12(11)15/h4-7,9-10H,3,8H2,1-2H3. The second kappa shape index (κ2) is 4.99. The molecule has 1 aromatic carbocycles. The van der Waals surface area contributed by atoms with Gasteiger partial charge in [0.05, 0.1) is 17.6 Å². The molecule has 0 saturated heterocycles. The van der Waals surface area contributed by atoms with E-state index in [1.807, 2.05) is 24.3 Å². The van der Waals surface area contributed by atoms with Crippen LogP contribution in [0.15, 0.2) is 30.6 Å². The van der Waals surface area contributed by atoms with Crippen LogP contribution in [0, 0.1) is 5.92 Å². The van der Waals surface area contributed by atoms with Crippen molar-refractivity contribution in [3.63, 3.8) is 0 Å². The molecule has 0 fully saturated rings. The van der Waals surface area contributed by atoms with Crippen LogP contribution in [0.25, 0.3) is 11.0 Å². The Morgan fingerprint density at radius 3 is 3.00 bits per heavy atom. The first-order valence-electron chi connectivity index (χ1n) is 5.81. The van der Waals surface area contributed by atoms with Crippen LogP contribution in [0.1, 0.15) is 20.3 Å². The van der Waals surface area contributed by atoms with Gasteiger partial charge in [-0.1, -0.05) is 32.4 Å². The van der Waals surface area contributed by atoms with Crippen LogP contribution in [0.3, 0.4) is 0 Å². The molecule has 4 nitrogen and oxygen atoms in total. The zero-order chi connectivity index (χ0) is 12.3. The number of benzene rings is 1. The van der Waals surface area contributed by atoms with E-state index in [-0.39, 0.29) is 6.09 Å². The smallest absolute Gasteiger partial charge is 0.419 e. The van der Waals surface area contributed by atoms with Gasteiger partial charge in [0.2, 0.25) is 0 Å². The Bertz CT molecular complexity index is 519. The summed E-state index contributed by atoms with van der Waals surface area (Å²) >= 11 is 0. The molecule has 0 radical (unpaired) electrons. The van der Waals surface area contributed by atoms with Gasteiger partial charge < -0.3 is 4.74 Å². The van der Waals surface area contributed by atoms with Crippen LogP contribution < -0.4 is 0 Å². The molecule has 4 heteroatoms. The predicted molar refractivity (Wildman–Crippen MR) is 65.9 cm³/mol. The first-order valence-corrected chi connectivity index (χ1v) is 5.81. The van der Waals surface area contributed by atoms with Crippen LogP contribution in [0.5, 0.6) is 0 Å². The van der Waals surface area contributed by atoms with E-state index in [2.05, 4.69) is 18.8 Å². The lowest BCUT2D eigenvalue weighted by molar-refractivity contribution is 0.131. The van der Waals surface area contributed by atoms with Crippen LogP contribution in [0.4, 0.5) is 4.79 Å². The van der Waals surface area contributed by atoms with Gasteiger partial charge in [0, 0.05) is 0 Å². The molecule has 2 rings (SSSR count). The van der Waals surface area contributed by atoms with Crippen molar-refractivity contribution < 1.29 is 9.53 Å². The number of carbonyl (C=O) groups excluding carboxylic acids is 1. The topological polar surface area (TPSA) is 44.1 Å². The largest absolute Gasteiger partial charge is 0.449 e. The number of hydrogen-bond acceptors (Lipinski definition) is 3. The summed E-state index contributed by atoms with van der Waals surface area (Å²) in [6.45, 7) is 4.58. The highest BCUT2D eigenvalue weighted by Crippen LogP contribution is 2.12. The summed E-state index contributed by atoms with van der Waals surface area (Å²) in [6, 6.07) is 7.49. The third kappa shape index (κ3) is 2.46. The van der Waals surface area contributed by atoms with E-state index in [0.717, 1.165) is 17.5 Å². The van der Waals surface area contributed by atoms with Crippen LogP contribution >= 0.6 is 0 Å². The first-order chi connectivity index (χ1) is 8.22. The van der Waals surface area contributed by atoms with Gasteiger partial charge in [-0.05, 0) is 18.1 Å². The molecule has 0 saturated carbocycles. The average molecular weight is 232 g/mol. The molecule has 0 aliphatic heterocycles. The Balaban J connectivity index is 2.14. The third-order valence-electron chi connectivity index (χ3n) is 2.84. The van der Waals surface area contributed by atoms with E-state index < -0.39 is 0 Å². The van der Waals surface area contributed by atoms with Gasteiger partial charge in [0.25, 0.3) is 0 Å². The minimum absolute atomic E-state index is 0.362. The van der Waals surface area contributed by atoms with Crippen molar-refractivity contribution in [1.82, 2.24) is 9.55 Å². The fourth-order valence-corrected chi connectivity index (χ4v) is 1.51. The molecule has 17 heavy (non-hydrogen) atoms. The second-order valence-electron chi connectivity index (χ2n) is 4.19. The highest BCUT2D eigenvalue weighted by atomic mass is 16.5. The molecule has 1 atom stereocenters. The lowest BCUT2D eigenvalue weighted by Crippen LogP contribution is -2.16. The Hall–Kier alpha value is -1.84. The Morgan fingerprint density at radius 2 is 2.24 bits per heavy atom. The second-order valence-corrected chi connectivity index (χ2v) is 4.19. The van der Waals surface area contributed by atoms with Crippen molar-refractivity contribution >= 4 is 17.1 Å². The zero-order valence-corrected chi connectivity index (χ0v) is 10.1. The van der Waals surface area contributed by atoms with E-state index in [9.17, 15) is 4.79 Å². The number of rotatable bonds is 3. The highest BCUT2D eigenvalue weighted by molar-refractivity contribution is 5.86. The number of carbonyl (C=O) groups is 1. The van der Waals surface area contributed by atoms with E-state index in [1.54, 1.807) is 0 Å².